The van der Waals surface area contributed by atoms with Gasteiger partial charge in [0.05, 0.1) is 11.4 Å². The molecule has 16 heavy (non-hydrogen) atoms. The highest BCUT2D eigenvalue weighted by Gasteiger charge is 2.38. The van der Waals surface area contributed by atoms with E-state index in [1.807, 2.05) is 6.92 Å². The van der Waals surface area contributed by atoms with Crippen molar-refractivity contribution in [3.05, 3.63) is 23.8 Å². The van der Waals surface area contributed by atoms with Crippen LogP contribution in [0.1, 0.15) is 11.4 Å². The molecule has 3 N–H and O–H groups in total. The average Bonchev–Trinajstić information content (AvgIpc) is 2.18. The predicted molar refractivity (Wildman–Crippen MR) is 48.4 cm³/mol. The fourth-order valence-electron chi connectivity index (χ4n) is 0.525. The summed E-state index contributed by atoms with van der Waals surface area (Å²) in [6, 6.07) is 0. The fourth-order valence-corrected chi connectivity index (χ4v) is 0.525. The molecule has 0 spiro atoms. The highest BCUT2D eigenvalue weighted by molar-refractivity contribution is 5.73. The van der Waals surface area contributed by atoms with Crippen LogP contribution in [0.25, 0.3) is 0 Å². The molecule has 5 nitrogen and oxygen atoms in total. The summed E-state index contributed by atoms with van der Waals surface area (Å²) in [7, 11) is 0. The SMILES string of the molecule is Cc1cnc(CN)cn1.O=C(O)C(F)(F)F. The lowest BCUT2D eigenvalue weighted by atomic mass is 10.4. The van der Waals surface area contributed by atoms with E-state index in [1.54, 1.807) is 12.4 Å². The number of rotatable bonds is 1. The molecule has 0 unspecified atom stereocenters. The molecule has 1 heterocycles. The number of aromatic nitrogens is 2. The zero-order chi connectivity index (χ0) is 12.8. The average molecular weight is 237 g/mol. The third kappa shape index (κ3) is 5.91. The summed E-state index contributed by atoms with van der Waals surface area (Å²) in [6.07, 6.45) is -1.68. The Bertz CT molecular complexity index is 337. The van der Waals surface area contributed by atoms with Gasteiger partial charge in [-0.3, -0.25) is 9.97 Å². The lowest BCUT2D eigenvalue weighted by Gasteiger charge is -1.93. The Morgan fingerprint density at radius 2 is 1.94 bits per heavy atom. The molecule has 0 amide bonds. The number of hydrogen-bond acceptors (Lipinski definition) is 4. The number of alkyl halides is 3. The first-order valence-electron chi connectivity index (χ1n) is 4.05. The predicted octanol–water partition coefficient (Wildman–Crippen LogP) is 0.877. The molecule has 90 valence electrons. The van der Waals surface area contributed by atoms with Gasteiger partial charge in [-0.05, 0) is 6.92 Å². The molecule has 0 aliphatic rings. The van der Waals surface area contributed by atoms with Gasteiger partial charge in [-0.25, -0.2) is 4.79 Å². The van der Waals surface area contributed by atoms with Crippen LogP contribution in [0.15, 0.2) is 12.4 Å². The highest BCUT2D eigenvalue weighted by atomic mass is 19.4. The number of carboxylic acids is 1. The summed E-state index contributed by atoms with van der Waals surface area (Å²) in [5.74, 6) is -2.76. The number of aryl methyl sites for hydroxylation is 1. The van der Waals surface area contributed by atoms with E-state index >= 15 is 0 Å². The molecule has 1 aromatic rings. The van der Waals surface area contributed by atoms with Gasteiger partial charge in [0.15, 0.2) is 0 Å². The summed E-state index contributed by atoms with van der Waals surface area (Å²) >= 11 is 0. The van der Waals surface area contributed by atoms with Crippen LogP contribution in [0, 0.1) is 6.92 Å². The second-order valence-corrected chi connectivity index (χ2v) is 2.66. The van der Waals surface area contributed by atoms with E-state index in [-0.39, 0.29) is 0 Å². The van der Waals surface area contributed by atoms with Gasteiger partial charge in [-0.15, -0.1) is 0 Å². The lowest BCUT2D eigenvalue weighted by molar-refractivity contribution is -0.192. The molecule has 0 atom stereocenters. The highest BCUT2D eigenvalue weighted by Crippen LogP contribution is 2.13. The topological polar surface area (TPSA) is 89.1 Å². The van der Waals surface area contributed by atoms with E-state index in [0.29, 0.717) is 6.54 Å². The van der Waals surface area contributed by atoms with Gasteiger partial charge in [0.1, 0.15) is 0 Å². The molecule has 0 aromatic carbocycles. The van der Waals surface area contributed by atoms with Crippen molar-refractivity contribution in [2.45, 2.75) is 19.6 Å². The largest absolute Gasteiger partial charge is 0.490 e. The molecule has 0 radical (unpaired) electrons. The third-order valence-corrected chi connectivity index (χ3v) is 1.29. The summed E-state index contributed by atoms with van der Waals surface area (Å²) in [5, 5.41) is 7.12. The Hall–Kier alpha value is -1.70. The van der Waals surface area contributed by atoms with Gasteiger partial charge in [-0.1, -0.05) is 0 Å². The van der Waals surface area contributed by atoms with E-state index in [2.05, 4.69) is 9.97 Å². The Morgan fingerprint density at radius 1 is 1.44 bits per heavy atom. The minimum Gasteiger partial charge on any atom is -0.475 e. The van der Waals surface area contributed by atoms with Gasteiger partial charge in [0, 0.05) is 18.9 Å². The third-order valence-electron chi connectivity index (χ3n) is 1.29. The van der Waals surface area contributed by atoms with Gasteiger partial charge < -0.3 is 10.8 Å². The molecule has 0 aliphatic heterocycles. The number of nitrogens with zero attached hydrogens (tertiary/aromatic N) is 2. The quantitative estimate of drug-likeness (QED) is 0.756. The zero-order valence-electron chi connectivity index (χ0n) is 8.32. The summed E-state index contributed by atoms with van der Waals surface area (Å²) in [6.45, 7) is 2.36. The van der Waals surface area contributed by atoms with Gasteiger partial charge >= 0.3 is 12.1 Å². The molecule has 0 saturated carbocycles. The summed E-state index contributed by atoms with van der Waals surface area (Å²) in [4.78, 5) is 16.9. The number of nitrogens with two attached hydrogens (primary N) is 1. The van der Waals surface area contributed by atoms with Crippen molar-refractivity contribution < 1.29 is 23.1 Å². The minimum atomic E-state index is -5.08. The summed E-state index contributed by atoms with van der Waals surface area (Å²) in [5.41, 5.74) is 7.05. The molecule has 8 heteroatoms. The van der Waals surface area contributed by atoms with Gasteiger partial charge in [0.2, 0.25) is 0 Å². The van der Waals surface area contributed by atoms with Crippen molar-refractivity contribution in [1.82, 2.24) is 9.97 Å². The number of hydrogen-bond donors (Lipinski definition) is 2. The molecular formula is C8H10F3N3O2. The first-order valence-corrected chi connectivity index (χ1v) is 4.05. The molecule has 0 aliphatic carbocycles. The van der Waals surface area contributed by atoms with Gasteiger partial charge in [0.25, 0.3) is 0 Å². The molecular weight excluding hydrogens is 227 g/mol. The van der Waals surface area contributed by atoms with Gasteiger partial charge in [-0.2, -0.15) is 13.2 Å². The van der Waals surface area contributed by atoms with Crippen molar-refractivity contribution in [1.29, 1.82) is 0 Å². The maximum absolute atomic E-state index is 10.6. The Balaban J connectivity index is 0.000000293. The normalized spacial score (nSPS) is 10.3. The number of carbonyl (C=O) groups is 1. The molecule has 0 saturated heterocycles. The van der Waals surface area contributed by atoms with Crippen molar-refractivity contribution >= 4 is 5.97 Å². The maximum Gasteiger partial charge on any atom is 0.490 e. The first kappa shape index (κ1) is 14.3. The molecule has 1 rings (SSSR count). The summed E-state index contributed by atoms with van der Waals surface area (Å²) < 4.78 is 31.7. The molecule has 1 aromatic heterocycles. The fraction of sp³-hybridized carbons (Fsp3) is 0.375. The second-order valence-electron chi connectivity index (χ2n) is 2.66. The van der Waals surface area contributed by atoms with Crippen molar-refractivity contribution in [3.63, 3.8) is 0 Å². The van der Waals surface area contributed by atoms with Crippen LogP contribution in [0.3, 0.4) is 0 Å². The first-order chi connectivity index (χ1) is 7.27. The van der Waals surface area contributed by atoms with Crippen LogP contribution < -0.4 is 5.73 Å². The van der Waals surface area contributed by atoms with Crippen molar-refractivity contribution in [2.24, 2.45) is 5.73 Å². The van der Waals surface area contributed by atoms with Crippen LogP contribution in [0.2, 0.25) is 0 Å². The van der Waals surface area contributed by atoms with E-state index in [4.69, 9.17) is 15.6 Å². The van der Waals surface area contributed by atoms with Crippen LogP contribution in [-0.2, 0) is 11.3 Å². The van der Waals surface area contributed by atoms with E-state index in [1.165, 1.54) is 0 Å². The lowest BCUT2D eigenvalue weighted by Crippen LogP contribution is -2.21. The van der Waals surface area contributed by atoms with Crippen molar-refractivity contribution in [3.8, 4) is 0 Å². The zero-order valence-corrected chi connectivity index (χ0v) is 8.32. The standard InChI is InChI=1S/C6H9N3.C2HF3O2/c1-5-3-9-6(2-7)4-8-5;3-2(4,5)1(6)7/h3-4H,2,7H2,1H3;(H,6,7). The van der Waals surface area contributed by atoms with E-state index < -0.39 is 12.1 Å². The van der Waals surface area contributed by atoms with Crippen LogP contribution in [0.5, 0.6) is 0 Å². The van der Waals surface area contributed by atoms with Crippen molar-refractivity contribution in [2.75, 3.05) is 0 Å². The minimum absolute atomic E-state index is 0.466. The van der Waals surface area contributed by atoms with E-state index in [0.717, 1.165) is 11.4 Å². The smallest absolute Gasteiger partial charge is 0.475 e. The molecule has 0 bridgehead atoms. The second kappa shape index (κ2) is 6.01. The van der Waals surface area contributed by atoms with Crippen LogP contribution >= 0.6 is 0 Å². The number of carboxylic acid groups (broad SMARTS) is 1. The molecule has 0 fully saturated rings. The monoisotopic (exact) mass is 237 g/mol. The number of aliphatic carboxylic acids is 1. The number of halogens is 3. The van der Waals surface area contributed by atoms with E-state index in [9.17, 15) is 13.2 Å². The van der Waals surface area contributed by atoms with Crippen LogP contribution in [0.4, 0.5) is 13.2 Å². The Morgan fingerprint density at radius 3 is 2.19 bits per heavy atom. The maximum atomic E-state index is 10.6. The van der Waals surface area contributed by atoms with Crippen LogP contribution in [-0.4, -0.2) is 27.2 Å². The Labute approximate surface area is 89.1 Å². The Kier molecular flexibility index (Phi) is 5.37.